The molecule has 1 aromatic carbocycles. The Morgan fingerprint density at radius 1 is 1.04 bits per heavy atom. The molecule has 25 heavy (non-hydrogen) atoms. The molecule has 1 aromatic rings. The van der Waals surface area contributed by atoms with Crippen LogP contribution in [-0.4, -0.2) is 24.0 Å². The third kappa shape index (κ3) is 2.14. The summed E-state index contributed by atoms with van der Waals surface area (Å²) in [5.41, 5.74) is 0.929. The molecule has 4 saturated carbocycles. The van der Waals surface area contributed by atoms with Gasteiger partial charge in [-0.3, -0.25) is 4.79 Å². The SMILES string of the molecule is COc1cccc(C2N(C3C4CC5CC(C4)CC3C5)C(=O)C2(C)C)c1. The van der Waals surface area contributed by atoms with E-state index >= 15 is 0 Å². The fraction of sp³-hybridized carbons (Fsp3) is 0.682. The highest BCUT2D eigenvalue weighted by Crippen LogP contribution is 2.60. The second-order valence-electron chi connectivity index (χ2n) is 9.53. The molecule has 0 aromatic heterocycles. The van der Waals surface area contributed by atoms with Gasteiger partial charge >= 0.3 is 0 Å². The fourth-order valence-electron chi connectivity index (χ4n) is 6.90. The summed E-state index contributed by atoms with van der Waals surface area (Å²) in [5, 5.41) is 0. The Kier molecular flexibility index (Phi) is 3.30. The van der Waals surface area contributed by atoms with Crippen LogP contribution in [-0.2, 0) is 4.79 Å². The zero-order valence-corrected chi connectivity index (χ0v) is 15.6. The van der Waals surface area contributed by atoms with Gasteiger partial charge in [0.25, 0.3) is 0 Å². The Morgan fingerprint density at radius 3 is 2.28 bits per heavy atom. The number of β-lactam (4-membered cyclic amide) rings is 1. The van der Waals surface area contributed by atoms with Crippen molar-refractivity contribution in [2.45, 2.75) is 58.0 Å². The number of benzene rings is 1. The molecular formula is C22H29NO2. The van der Waals surface area contributed by atoms with Crippen molar-refractivity contribution in [3.63, 3.8) is 0 Å². The topological polar surface area (TPSA) is 29.5 Å². The van der Waals surface area contributed by atoms with Gasteiger partial charge in [-0.25, -0.2) is 0 Å². The lowest BCUT2D eigenvalue weighted by Crippen LogP contribution is -2.69. The number of methoxy groups -OCH3 is 1. The van der Waals surface area contributed by atoms with Crippen LogP contribution >= 0.6 is 0 Å². The first kappa shape index (κ1) is 15.7. The summed E-state index contributed by atoms with van der Waals surface area (Å²) in [4.78, 5) is 15.4. The second-order valence-corrected chi connectivity index (χ2v) is 9.53. The van der Waals surface area contributed by atoms with E-state index in [1.165, 1.54) is 37.7 Å². The average Bonchev–Trinajstić information content (AvgIpc) is 2.59. The smallest absolute Gasteiger partial charge is 0.231 e. The highest BCUT2D eigenvalue weighted by molar-refractivity contribution is 5.90. The van der Waals surface area contributed by atoms with Gasteiger partial charge in [-0.1, -0.05) is 12.1 Å². The van der Waals surface area contributed by atoms with E-state index in [2.05, 4.69) is 36.9 Å². The van der Waals surface area contributed by atoms with Gasteiger partial charge in [-0.2, -0.15) is 0 Å². The van der Waals surface area contributed by atoms with E-state index in [4.69, 9.17) is 4.74 Å². The minimum atomic E-state index is -0.305. The molecule has 5 aliphatic rings. The Hall–Kier alpha value is -1.51. The quantitative estimate of drug-likeness (QED) is 0.763. The van der Waals surface area contributed by atoms with Crippen molar-refractivity contribution in [3.8, 4) is 5.75 Å². The number of carbonyl (C=O) groups is 1. The number of hydrogen-bond donors (Lipinski definition) is 0. The minimum absolute atomic E-state index is 0.192. The van der Waals surface area contributed by atoms with Crippen LogP contribution in [0.15, 0.2) is 24.3 Å². The van der Waals surface area contributed by atoms with Crippen LogP contribution in [0.5, 0.6) is 5.75 Å². The predicted octanol–water partition coefficient (Wildman–Crippen LogP) is 4.43. The van der Waals surface area contributed by atoms with Crippen molar-refractivity contribution in [1.29, 1.82) is 0 Å². The highest BCUT2D eigenvalue weighted by Gasteiger charge is 2.61. The van der Waals surface area contributed by atoms with Crippen LogP contribution in [0.2, 0.25) is 0 Å². The molecule has 1 aliphatic heterocycles. The summed E-state index contributed by atoms with van der Waals surface area (Å²) in [5.74, 6) is 4.61. The maximum absolute atomic E-state index is 13.1. The molecule has 1 unspecified atom stereocenters. The molecule has 3 heteroatoms. The Labute approximate surface area is 150 Å². The van der Waals surface area contributed by atoms with Gasteiger partial charge in [-0.15, -0.1) is 0 Å². The van der Waals surface area contributed by atoms with Crippen molar-refractivity contribution in [3.05, 3.63) is 29.8 Å². The van der Waals surface area contributed by atoms with E-state index in [-0.39, 0.29) is 11.5 Å². The van der Waals surface area contributed by atoms with Crippen LogP contribution in [0.25, 0.3) is 0 Å². The average molecular weight is 339 g/mol. The monoisotopic (exact) mass is 339 g/mol. The van der Waals surface area contributed by atoms with E-state index in [0.29, 0.717) is 11.9 Å². The summed E-state index contributed by atoms with van der Waals surface area (Å²) in [6, 6.07) is 9.01. The summed E-state index contributed by atoms with van der Waals surface area (Å²) in [6.45, 7) is 4.23. The number of amides is 1. The van der Waals surface area contributed by atoms with Gasteiger partial charge < -0.3 is 9.64 Å². The summed E-state index contributed by atoms with van der Waals surface area (Å²) in [6.07, 6.45) is 6.87. The lowest BCUT2D eigenvalue weighted by atomic mass is 9.52. The van der Waals surface area contributed by atoms with E-state index in [0.717, 1.165) is 29.4 Å². The minimum Gasteiger partial charge on any atom is -0.497 e. The van der Waals surface area contributed by atoms with Gasteiger partial charge in [0.05, 0.1) is 18.6 Å². The number of hydrogen-bond acceptors (Lipinski definition) is 2. The largest absolute Gasteiger partial charge is 0.497 e. The molecule has 0 radical (unpaired) electrons. The number of ether oxygens (including phenoxy) is 1. The molecule has 1 amide bonds. The number of likely N-dealkylation sites (tertiary alicyclic amines) is 1. The molecule has 4 bridgehead atoms. The van der Waals surface area contributed by atoms with Crippen LogP contribution in [0, 0.1) is 29.1 Å². The van der Waals surface area contributed by atoms with Crippen LogP contribution < -0.4 is 4.74 Å². The van der Waals surface area contributed by atoms with Gasteiger partial charge in [0.15, 0.2) is 0 Å². The van der Waals surface area contributed by atoms with Gasteiger partial charge in [0.2, 0.25) is 5.91 Å². The molecule has 4 aliphatic carbocycles. The Bertz CT molecular complexity index is 682. The van der Waals surface area contributed by atoms with E-state index in [1.54, 1.807) is 7.11 Å². The number of rotatable bonds is 3. The molecule has 6 rings (SSSR count). The van der Waals surface area contributed by atoms with Crippen molar-refractivity contribution >= 4 is 5.91 Å². The normalized spacial score (nSPS) is 40.9. The first-order valence-electron chi connectivity index (χ1n) is 9.95. The third-order valence-corrected chi connectivity index (χ3v) is 7.66. The second kappa shape index (κ2) is 5.25. The molecule has 1 atom stereocenters. The van der Waals surface area contributed by atoms with E-state index in [9.17, 15) is 4.79 Å². The maximum atomic E-state index is 13.1. The summed E-state index contributed by atoms with van der Waals surface area (Å²) < 4.78 is 5.44. The third-order valence-electron chi connectivity index (χ3n) is 7.66. The van der Waals surface area contributed by atoms with Gasteiger partial charge in [0, 0.05) is 6.04 Å². The Balaban J connectivity index is 1.50. The number of carbonyl (C=O) groups excluding carboxylic acids is 1. The van der Waals surface area contributed by atoms with Gasteiger partial charge in [-0.05, 0) is 87.3 Å². The van der Waals surface area contributed by atoms with Crippen molar-refractivity contribution in [2.75, 3.05) is 7.11 Å². The lowest BCUT2D eigenvalue weighted by molar-refractivity contribution is -0.191. The van der Waals surface area contributed by atoms with Crippen molar-refractivity contribution in [2.24, 2.45) is 29.1 Å². The maximum Gasteiger partial charge on any atom is 0.231 e. The van der Waals surface area contributed by atoms with E-state index in [1.807, 2.05) is 6.07 Å². The van der Waals surface area contributed by atoms with Crippen LogP contribution in [0.3, 0.4) is 0 Å². The molecule has 1 saturated heterocycles. The molecule has 0 N–H and O–H groups in total. The van der Waals surface area contributed by atoms with Crippen molar-refractivity contribution in [1.82, 2.24) is 4.90 Å². The zero-order chi connectivity index (χ0) is 17.3. The summed E-state index contributed by atoms with van der Waals surface area (Å²) in [7, 11) is 1.71. The molecular weight excluding hydrogens is 310 g/mol. The molecule has 134 valence electrons. The standard InChI is InChI=1S/C22H29NO2/c1-22(2)20(15-5-4-6-18(12-15)25-3)23(21(22)24)19-16-8-13-7-14(10-16)11-17(19)9-13/h4-6,12-14,16-17,19-20H,7-11H2,1-3H3. The number of nitrogens with zero attached hydrogens (tertiary/aromatic N) is 1. The molecule has 3 nitrogen and oxygen atoms in total. The molecule has 1 heterocycles. The zero-order valence-electron chi connectivity index (χ0n) is 15.6. The van der Waals surface area contributed by atoms with Crippen LogP contribution in [0.4, 0.5) is 0 Å². The predicted molar refractivity (Wildman–Crippen MR) is 97.2 cm³/mol. The van der Waals surface area contributed by atoms with Crippen LogP contribution in [0.1, 0.15) is 57.6 Å². The van der Waals surface area contributed by atoms with Gasteiger partial charge in [0.1, 0.15) is 5.75 Å². The lowest BCUT2D eigenvalue weighted by Gasteiger charge is -2.64. The summed E-state index contributed by atoms with van der Waals surface area (Å²) >= 11 is 0. The van der Waals surface area contributed by atoms with Crippen molar-refractivity contribution < 1.29 is 9.53 Å². The fourth-order valence-corrected chi connectivity index (χ4v) is 6.90. The Morgan fingerprint density at radius 2 is 1.68 bits per heavy atom. The van der Waals surface area contributed by atoms with E-state index < -0.39 is 0 Å². The highest BCUT2D eigenvalue weighted by atomic mass is 16.5. The first-order chi connectivity index (χ1) is 12.0. The first-order valence-corrected chi connectivity index (χ1v) is 9.95. The molecule has 0 spiro atoms. The molecule has 5 fully saturated rings.